The fraction of sp³-hybridized carbons (Fsp3) is 0.625. The molecule has 3 rings (SSSR count). The number of anilines is 1. The quantitative estimate of drug-likeness (QED) is 0.785. The van der Waals surface area contributed by atoms with Gasteiger partial charge >= 0.3 is 0 Å². The van der Waals surface area contributed by atoms with Crippen LogP contribution in [0.2, 0.25) is 0 Å². The molecule has 0 aliphatic carbocycles. The van der Waals surface area contributed by atoms with E-state index in [9.17, 15) is 5.26 Å². The number of piperidine rings is 2. The van der Waals surface area contributed by atoms with Gasteiger partial charge in [-0.2, -0.15) is 5.26 Å². The molecule has 1 aromatic heterocycles. The highest BCUT2D eigenvalue weighted by molar-refractivity contribution is 5.53. The van der Waals surface area contributed by atoms with E-state index in [2.05, 4.69) is 27.9 Å². The van der Waals surface area contributed by atoms with E-state index >= 15 is 0 Å². The normalized spacial score (nSPS) is 22.7. The number of pyridine rings is 1. The predicted octanol–water partition coefficient (Wildman–Crippen LogP) is 2.27. The van der Waals surface area contributed by atoms with Gasteiger partial charge in [-0.15, -0.1) is 0 Å². The summed E-state index contributed by atoms with van der Waals surface area (Å²) in [5.41, 5.74) is 1.25. The highest BCUT2D eigenvalue weighted by atomic mass is 15.2. The number of hydrogen-bond donors (Lipinski definition) is 0. The van der Waals surface area contributed by atoms with Gasteiger partial charge < -0.3 is 9.80 Å². The topological polar surface area (TPSA) is 43.2 Å². The molecule has 0 atom stereocenters. The smallest absolute Gasteiger partial charge is 0.146 e. The largest absolute Gasteiger partial charge is 0.355 e. The molecule has 20 heavy (non-hydrogen) atoms. The Morgan fingerprint density at radius 3 is 2.45 bits per heavy atom. The molecule has 106 valence electrons. The van der Waals surface area contributed by atoms with Crippen LogP contribution in [0.15, 0.2) is 18.3 Å². The molecule has 0 unspecified atom stereocenters. The van der Waals surface area contributed by atoms with Gasteiger partial charge in [-0.1, -0.05) is 0 Å². The Morgan fingerprint density at radius 2 is 1.80 bits per heavy atom. The van der Waals surface area contributed by atoms with Crippen LogP contribution in [0.1, 0.15) is 31.2 Å². The Hall–Kier alpha value is -1.60. The zero-order valence-corrected chi connectivity index (χ0v) is 12.2. The van der Waals surface area contributed by atoms with E-state index < -0.39 is 0 Å². The van der Waals surface area contributed by atoms with Crippen molar-refractivity contribution in [2.45, 2.75) is 25.7 Å². The zero-order valence-electron chi connectivity index (χ0n) is 12.2. The summed E-state index contributed by atoms with van der Waals surface area (Å²) in [4.78, 5) is 9.14. The Bertz CT molecular complexity index is 501. The average molecular weight is 270 g/mol. The average Bonchev–Trinajstić information content (AvgIpc) is 2.51. The molecule has 3 heterocycles. The van der Waals surface area contributed by atoms with E-state index in [0.717, 1.165) is 18.9 Å². The molecular weight excluding hydrogens is 248 g/mol. The van der Waals surface area contributed by atoms with E-state index in [1.54, 1.807) is 6.20 Å². The van der Waals surface area contributed by atoms with Crippen LogP contribution in [0.4, 0.5) is 5.82 Å². The second kappa shape index (κ2) is 5.41. The van der Waals surface area contributed by atoms with E-state index in [1.807, 2.05) is 12.1 Å². The molecule has 1 spiro atoms. The highest BCUT2D eigenvalue weighted by Crippen LogP contribution is 2.41. The monoisotopic (exact) mass is 270 g/mol. The number of rotatable bonds is 1. The number of nitriles is 1. The highest BCUT2D eigenvalue weighted by Gasteiger charge is 2.37. The summed E-state index contributed by atoms with van der Waals surface area (Å²) in [6, 6.07) is 5.96. The first kappa shape index (κ1) is 13.4. The predicted molar refractivity (Wildman–Crippen MR) is 79.6 cm³/mol. The first-order valence-electron chi connectivity index (χ1n) is 7.51. The first-order valence-corrected chi connectivity index (χ1v) is 7.51. The maximum Gasteiger partial charge on any atom is 0.146 e. The van der Waals surface area contributed by atoms with Crippen LogP contribution in [0.3, 0.4) is 0 Å². The minimum atomic E-state index is 0.546. The van der Waals surface area contributed by atoms with E-state index in [0.29, 0.717) is 11.0 Å². The van der Waals surface area contributed by atoms with Crippen molar-refractivity contribution in [1.82, 2.24) is 9.88 Å². The molecule has 0 N–H and O–H groups in total. The summed E-state index contributed by atoms with van der Waals surface area (Å²) < 4.78 is 0. The Labute approximate surface area is 121 Å². The van der Waals surface area contributed by atoms with Crippen LogP contribution in [0.5, 0.6) is 0 Å². The van der Waals surface area contributed by atoms with Crippen molar-refractivity contribution in [1.29, 1.82) is 5.26 Å². The summed E-state index contributed by atoms with van der Waals surface area (Å²) in [7, 11) is 2.22. The molecule has 1 aromatic rings. The third kappa shape index (κ3) is 2.51. The van der Waals surface area contributed by atoms with Gasteiger partial charge in [0.1, 0.15) is 11.9 Å². The standard InChI is InChI=1S/C16H22N4/c1-19-9-4-16(5-10-19)6-11-20(12-7-16)15-14(13-17)3-2-8-18-15/h2-3,8H,4-7,9-12H2,1H3. The van der Waals surface area contributed by atoms with Crippen molar-refractivity contribution in [3.63, 3.8) is 0 Å². The molecule has 2 fully saturated rings. The minimum Gasteiger partial charge on any atom is -0.355 e. The van der Waals surface area contributed by atoms with Gasteiger partial charge in [0.25, 0.3) is 0 Å². The third-order valence-corrected chi connectivity index (χ3v) is 5.08. The van der Waals surface area contributed by atoms with E-state index in [-0.39, 0.29) is 0 Å². The summed E-state index contributed by atoms with van der Waals surface area (Å²) in [5.74, 6) is 0.873. The van der Waals surface area contributed by atoms with Crippen LogP contribution in [0, 0.1) is 16.7 Å². The lowest BCUT2D eigenvalue weighted by atomic mass is 9.71. The minimum absolute atomic E-state index is 0.546. The van der Waals surface area contributed by atoms with Gasteiger partial charge in [0.2, 0.25) is 0 Å². The lowest BCUT2D eigenvalue weighted by Crippen LogP contribution is -2.46. The van der Waals surface area contributed by atoms with Crippen molar-refractivity contribution in [3.05, 3.63) is 23.9 Å². The fourth-order valence-corrected chi connectivity index (χ4v) is 3.52. The SMILES string of the molecule is CN1CCC2(CC1)CCN(c1ncccc1C#N)CC2. The van der Waals surface area contributed by atoms with Gasteiger partial charge in [-0.3, -0.25) is 0 Å². The molecule has 0 amide bonds. The van der Waals surface area contributed by atoms with Crippen molar-refractivity contribution in [2.75, 3.05) is 38.1 Å². The van der Waals surface area contributed by atoms with Crippen molar-refractivity contribution in [2.24, 2.45) is 5.41 Å². The molecule has 4 nitrogen and oxygen atoms in total. The van der Waals surface area contributed by atoms with Gasteiger partial charge in [0, 0.05) is 19.3 Å². The van der Waals surface area contributed by atoms with Crippen LogP contribution < -0.4 is 4.90 Å². The second-order valence-corrected chi connectivity index (χ2v) is 6.28. The van der Waals surface area contributed by atoms with Gasteiger partial charge in [0.15, 0.2) is 0 Å². The van der Waals surface area contributed by atoms with Gasteiger partial charge in [-0.05, 0) is 63.4 Å². The lowest BCUT2D eigenvalue weighted by molar-refractivity contribution is 0.0943. The number of hydrogen-bond acceptors (Lipinski definition) is 4. The van der Waals surface area contributed by atoms with Gasteiger partial charge in [0.05, 0.1) is 5.56 Å². The molecule has 0 saturated carbocycles. The summed E-state index contributed by atoms with van der Waals surface area (Å²) in [6.45, 7) is 4.53. The lowest BCUT2D eigenvalue weighted by Gasteiger charge is -2.46. The van der Waals surface area contributed by atoms with Crippen LogP contribution >= 0.6 is 0 Å². The third-order valence-electron chi connectivity index (χ3n) is 5.08. The molecule has 2 saturated heterocycles. The number of likely N-dealkylation sites (tertiary alicyclic amines) is 1. The molecular formula is C16H22N4. The van der Waals surface area contributed by atoms with Crippen molar-refractivity contribution < 1.29 is 0 Å². The summed E-state index contributed by atoms with van der Waals surface area (Å²) in [5, 5.41) is 9.20. The Morgan fingerprint density at radius 1 is 1.15 bits per heavy atom. The maximum atomic E-state index is 9.20. The maximum absolute atomic E-state index is 9.20. The molecule has 2 aliphatic rings. The van der Waals surface area contributed by atoms with Crippen molar-refractivity contribution in [3.8, 4) is 6.07 Å². The molecule has 0 bridgehead atoms. The number of nitrogens with zero attached hydrogens (tertiary/aromatic N) is 4. The second-order valence-electron chi connectivity index (χ2n) is 6.28. The fourth-order valence-electron chi connectivity index (χ4n) is 3.52. The van der Waals surface area contributed by atoms with E-state index in [1.165, 1.54) is 38.8 Å². The molecule has 4 heteroatoms. The first-order chi connectivity index (χ1) is 9.72. The molecule has 2 aliphatic heterocycles. The van der Waals surface area contributed by atoms with Gasteiger partial charge in [-0.25, -0.2) is 4.98 Å². The van der Waals surface area contributed by atoms with Crippen LogP contribution in [0.25, 0.3) is 0 Å². The zero-order chi connectivity index (χ0) is 14.0. The molecule has 0 aromatic carbocycles. The number of aromatic nitrogens is 1. The summed E-state index contributed by atoms with van der Waals surface area (Å²) >= 11 is 0. The van der Waals surface area contributed by atoms with Crippen molar-refractivity contribution >= 4 is 5.82 Å². The van der Waals surface area contributed by atoms with E-state index in [4.69, 9.17) is 0 Å². The molecule has 0 radical (unpaired) electrons. The Balaban J connectivity index is 1.68. The Kier molecular flexibility index (Phi) is 3.62. The van der Waals surface area contributed by atoms with Crippen LogP contribution in [-0.2, 0) is 0 Å². The summed E-state index contributed by atoms with van der Waals surface area (Å²) in [6.07, 6.45) is 6.91. The van der Waals surface area contributed by atoms with Crippen LogP contribution in [-0.4, -0.2) is 43.1 Å².